The lowest BCUT2D eigenvalue weighted by Gasteiger charge is -2.10. The summed E-state index contributed by atoms with van der Waals surface area (Å²) in [7, 11) is 0. The van der Waals surface area contributed by atoms with E-state index in [0.717, 1.165) is 6.07 Å². The van der Waals surface area contributed by atoms with Crippen LogP contribution in [-0.4, -0.2) is 5.78 Å². The molecule has 0 aromatic heterocycles. The smallest absolute Gasteiger partial charge is 0.160 e. The van der Waals surface area contributed by atoms with Crippen molar-refractivity contribution < 1.29 is 13.6 Å². The average Bonchev–Trinajstić information content (AvgIpc) is 2.35. The first kappa shape index (κ1) is 14.2. The largest absolute Gasteiger partial charge is 0.294 e. The summed E-state index contributed by atoms with van der Waals surface area (Å²) in [4.78, 5) is 11.5. The highest BCUT2D eigenvalue weighted by atomic mass is 79.9. The highest BCUT2D eigenvalue weighted by Crippen LogP contribution is 2.35. The monoisotopic (exact) mass is 344 g/mol. The number of hydrogen-bond donors (Lipinski definition) is 0. The SMILES string of the molecule is CC(=O)c1ccc(F)cc1-c1ccc(Br)c(Cl)c1F. The van der Waals surface area contributed by atoms with Crippen molar-refractivity contribution in [2.24, 2.45) is 0 Å². The lowest BCUT2D eigenvalue weighted by atomic mass is 9.97. The van der Waals surface area contributed by atoms with Gasteiger partial charge in [-0.05, 0) is 52.7 Å². The van der Waals surface area contributed by atoms with E-state index in [1.165, 1.54) is 25.1 Å². The Bertz CT molecular complexity index is 671. The first-order chi connectivity index (χ1) is 8.91. The molecule has 2 rings (SSSR count). The second-order valence-corrected chi connectivity index (χ2v) is 5.20. The van der Waals surface area contributed by atoms with Crippen LogP contribution in [0.25, 0.3) is 11.1 Å². The molecule has 1 nitrogen and oxygen atoms in total. The van der Waals surface area contributed by atoms with E-state index in [1.54, 1.807) is 6.07 Å². The van der Waals surface area contributed by atoms with Gasteiger partial charge in [0.1, 0.15) is 5.82 Å². The third kappa shape index (κ3) is 2.69. The zero-order valence-electron chi connectivity index (χ0n) is 9.81. The Hall–Kier alpha value is -1.26. The number of ketones is 1. The van der Waals surface area contributed by atoms with Gasteiger partial charge in [0.25, 0.3) is 0 Å². The van der Waals surface area contributed by atoms with Crippen molar-refractivity contribution in [3.8, 4) is 11.1 Å². The van der Waals surface area contributed by atoms with Gasteiger partial charge in [-0.15, -0.1) is 0 Å². The van der Waals surface area contributed by atoms with Crippen molar-refractivity contribution in [1.29, 1.82) is 0 Å². The molecule has 0 bridgehead atoms. The van der Waals surface area contributed by atoms with Gasteiger partial charge in [-0.3, -0.25) is 4.79 Å². The first-order valence-electron chi connectivity index (χ1n) is 5.36. The van der Waals surface area contributed by atoms with Crippen molar-refractivity contribution in [2.45, 2.75) is 6.92 Å². The van der Waals surface area contributed by atoms with E-state index in [4.69, 9.17) is 11.6 Å². The zero-order chi connectivity index (χ0) is 14.2. The van der Waals surface area contributed by atoms with Crippen LogP contribution in [0.2, 0.25) is 5.02 Å². The molecule has 98 valence electrons. The summed E-state index contributed by atoms with van der Waals surface area (Å²) in [6.45, 7) is 1.34. The fourth-order valence-corrected chi connectivity index (χ4v) is 2.25. The van der Waals surface area contributed by atoms with E-state index in [2.05, 4.69) is 15.9 Å². The molecule has 0 saturated heterocycles. The highest BCUT2D eigenvalue weighted by Gasteiger charge is 2.17. The van der Waals surface area contributed by atoms with E-state index in [1.807, 2.05) is 0 Å². The van der Waals surface area contributed by atoms with Crippen LogP contribution in [0.4, 0.5) is 8.78 Å². The second-order valence-electron chi connectivity index (χ2n) is 3.97. The van der Waals surface area contributed by atoms with Crippen molar-refractivity contribution in [2.75, 3.05) is 0 Å². The van der Waals surface area contributed by atoms with Crippen LogP contribution in [0.3, 0.4) is 0 Å². The van der Waals surface area contributed by atoms with Gasteiger partial charge in [0.05, 0.1) is 5.02 Å². The maximum Gasteiger partial charge on any atom is 0.160 e. The third-order valence-corrected chi connectivity index (χ3v) is 3.94. The van der Waals surface area contributed by atoms with Gasteiger partial charge in [0.2, 0.25) is 0 Å². The molecule has 0 saturated carbocycles. The fourth-order valence-electron chi connectivity index (χ4n) is 1.78. The topological polar surface area (TPSA) is 17.1 Å². The minimum atomic E-state index is -0.691. The van der Waals surface area contributed by atoms with Crippen LogP contribution < -0.4 is 0 Å². The van der Waals surface area contributed by atoms with Gasteiger partial charge in [-0.25, -0.2) is 8.78 Å². The molecule has 0 radical (unpaired) electrons. The van der Waals surface area contributed by atoms with Crippen molar-refractivity contribution in [3.63, 3.8) is 0 Å². The maximum absolute atomic E-state index is 14.1. The summed E-state index contributed by atoms with van der Waals surface area (Å²) >= 11 is 8.91. The number of hydrogen-bond acceptors (Lipinski definition) is 1. The van der Waals surface area contributed by atoms with E-state index in [-0.39, 0.29) is 27.5 Å². The molecular weight excluding hydrogens is 338 g/mol. The molecule has 0 spiro atoms. The van der Waals surface area contributed by atoms with E-state index in [0.29, 0.717) is 4.47 Å². The molecule has 5 heteroatoms. The van der Waals surface area contributed by atoms with Crippen LogP contribution in [0.5, 0.6) is 0 Å². The Labute approximate surface area is 122 Å². The van der Waals surface area contributed by atoms with E-state index >= 15 is 0 Å². The lowest BCUT2D eigenvalue weighted by Crippen LogP contribution is -1.99. The van der Waals surface area contributed by atoms with Gasteiger partial charge in [0, 0.05) is 15.6 Å². The number of carbonyl (C=O) groups excluding carboxylic acids is 1. The van der Waals surface area contributed by atoms with Crippen LogP contribution in [0.15, 0.2) is 34.8 Å². The molecule has 0 heterocycles. The van der Waals surface area contributed by atoms with Gasteiger partial charge >= 0.3 is 0 Å². The third-order valence-electron chi connectivity index (χ3n) is 2.69. The van der Waals surface area contributed by atoms with E-state index in [9.17, 15) is 13.6 Å². The minimum absolute atomic E-state index is 0.0953. The first-order valence-corrected chi connectivity index (χ1v) is 6.53. The zero-order valence-corrected chi connectivity index (χ0v) is 12.1. The highest BCUT2D eigenvalue weighted by molar-refractivity contribution is 9.10. The van der Waals surface area contributed by atoms with Crippen molar-refractivity contribution in [3.05, 3.63) is 57.0 Å². The predicted octanol–water partition coefficient (Wildman–Crippen LogP) is 5.25. The average molecular weight is 346 g/mol. The molecule has 0 aliphatic rings. The quantitative estimate of drug-likeness (QED) is 0.536. The molecule has 0 N–H and O–H groups in total. The maximum atomic E-state index is 14.1. The Morgan fingerprint density at radius 3 is 2.47 bits per heavy atom. The van der Waals surface area contributed by atoms with Crippen LogP contribution >= 0.6 is 27.5 Å². The van der Waals surface area contributed by atoms with Gasteiger partial charge in [-0.2, -0.15) is 0 Å². The molecule has 0 fully saturated rings. The van der Waals surface area contributed by atoms with Gasteiger partial charge in [0.15, 0.2) is 11.6 Å². The minimum Gasteiger partial charge on any atom is -0.294 e. The molecule has 0 aliphatic carbocycles. The van der Waals surface area contributed by atoms with Gasteiger partial charge < -0.3 is 0 Å². The summed E-state index contributed by atoms with van der Waals surface area (Å²) < 4.78 is 27.9. The molecule has 0 aliphatic heterocycles. The van der Waals surface area contributed by atoms with Crippen LogP contribution in [0, 0.1) is 11.6 Å². The Morgan fingerprint density at radius 1 is 1.16 bits per heavy atom. The normalized spacial score (nSPS) is 10.6. The molecule has 2 aromatic rings. The van der Waals surface area contributed by atoms with Crippen molar-refractivity contribution in [1.82, 2.24) is 0 Å². The molecule has 19 heavy (non-hydrogen) atoms. The standard InChI is InChI=1S/C14H8BrClF2O/c1-7(19)9-3-2-8(17)6-11(9)10-4-5-12(15)13(16)14(10)18/h2-6H,1H3. The van der Waals surface area contributed by atoms with Gasteiger partial charge in [-0.1, -0.05) is 17.7 Å². The molecule has 0 unspecified atom stereocenters. The molecule has 0 atom stereocenters. The van der Waals surface area contributed by atoms with Crippen molar-refractivity contribution >= 4 is 33.3 Å². The fraction of sp³-hybridized carbons (Fsp3) is 0.0714. The molecule has 0 amide bonds. The number of Topliss-reactive ketones (excluding diaryl/α,β-unsaturated/α-hetero) is 1. The number of carbonyl (C=O) groups is 1. The summed E-state index contributed by atoms with van der Waals surface area (Å²) in [6.07, 6.45) is 0. The molecule has 2 aromatic carbocycles. The second kappa shape index (κ2) is 5.39. The van der Waals surface area contributed by atoms with Crippen LogP contribution in [0.1, 0.15) is 17.3 Å². The number of halogens is 4. The summed E-state index contributed by atoms with van der Waals surface area (Å²) in [5.74, 6) is -1.50. The summed E-state index contributed by atoms with van der Waals surface area (Å²) in [5.41, 5.74) is 0.538. The number of benzene rings is 2. The lowest BCUT2D eigenvalue weighted by molar-refractivity contribution is 0.101. The Morgan fingerprint density at radius 2 is 1.84 bits per heavy atom. The summed E-state index contributed by atoms with van der Waals surface area (Å²) in [6, 6.07) is 6.63. The molecular formula is C14H8BrClF2O. The summed E-state index contributed by atoms with van der Waals surface area (Å²) in [5, 5.41) is -0.101. The van der Waals surface area contributed by atoms with Crippen LogP contribution in [-0.2, 0) is 0 Å². The Kier molecular flexibility index (Phi) is 4.02. The number of rotatable bonds is 2. The Balaban J connectivity index is 2.75. The predicted molar refractivity (Wildman–Crippen MR) is 74.5 cm³/mol. The van der Waals surface area contributed by atoms with E-state index < -0.39 is 11.6 Å².